The van der Waals surface area contributed by atoms with Crippen LogP contribution in [0.2, 0.25) is 0 Å². The molecular weight excluding hydrogens is 182 g/mol. The maximum absolute atomic E-state index is 11.1. The van der Waals surface area contributed by atoms with Crippen LogP contribution < -0.4 is 5.32 Å². The third-order valence-electron chi connectivity index (χ3n) is 2.00. The van der Waals surface area contributed by atoms with Crippen molar-refractivity contribution in [1.29, 1.82) is 0 Å². The SMILES string of the molecule is COCC(C)(C)NCC(C)C(=O)OC. The molecule has 0 amide bonds. The number of ether oxygens (including phenoxy) is 2. The summed E-state index contributed by atoms with van der Waals surface area (Å²) in [4.78, 5) is 11.1. The van der Waals surface area contributed by atoms with Crippen molar-refractivity contribution in [2.75, 3.05) is 27.4 Å². The van der Waals surface area contributed by atoms with Gasteiger partial charge in [0.2, 0.25) is 0 Å². The lowest BCUT2D eigenvalue weighted by Gasteiger charge is -2.26. The van der Waals surface area contributed by atoms with Crippen LogP contribution in [0.4, 0.5) is 0 Å². The summed E-state index contributed by atoms with van der Waals surface area (Å²) in [6.07, 6.45) is 0. The lowest BCUT2D eigenvalue weighted by atomic mass is 10.1. The van der Waals surface area contributed by atoms with E-state index in [-0.39, 0.29) is 17.4 Å². The van der Waals surface area contributed by atoms with Crippen molar-refractivity contribution in [2.45, 2.75) is 26.3 Å². The standard InChI is InChI=1S/C10H21NO3/c1-8(9(12)14-5)6-11-10(2,3)7-13-4/h8,11H,6-7H2,1-5H3. The molecule has 0 heterocycles. The minimum absolute atomic E-state index is 0.114. The van der Waals surface area contributed by atoms with E-state index in [0.717, 1.165) is 0 Å². The highest BCUT2D eigenvalue weighted by molar-refractivity contribution is 5.72. The molecule has 0 spiro atoms. The van der Waals surface area contributed by atoms with Crippen molar-refractivity contribution < 1.29 is 14.3 Å². The maximum Gasteiger partial charge on any atom is 0.309 e. The van der Waals surface area contributed by atoms with Crippen LogP contribution >= 0.6 is 0 Å². The van der Waals surface area contributed by atoms with Crippen molar-refractivity contribution in [3.8, 4) is 0 Å². The van der Waals surface area contributed by atoms with Crippen LogP contribution in [0.25, 0.3) is 0 Å². The maximum atomic E-state index is 11.1. The van der Waals surface area contributed by atoms with E-state index in [1.807, 2.05) is 20.8 Å². The number of hydrogen-bond acceptors (Lipinski definition) is 4. The van der Waals surface area contributed by atoms with Gasteiger partial charge < -0.3 is 14.8 Å². The molecular formula is C10H21NO3. The Balaban J connectivity index is 3.86. The predicted molar refractivity (Wildman–Crippen MR) is 55.1 cm³/mol. The lowest BCUT2D eigenvalue weighted by Crippen LogP contribution is -2.46. The molecule has 0 aromatic heterocycles. The first-order chi connectivity index (χ1) is 6.43. The number of hydrogen-bond donors (Lipinski definition) is 1. The van der Waals surface area contributed by atoms with Crippen LogP contribution in [0, 0.1) is 5.92 Å². The first kappa shape index (κ1) is 13.4. The molecule has 0 saturated carbocycles. The Morgan fingerprint density at radius 3 is 2.43 bits per heavy atom. The summed E-state index contributed by atoms with van der Waals surface area (Å²) < 4.78 is 9.67. The number of esters is 1. The zero-order valence-electron chi connectivity index (χ0n) is 9.72. The van der Waals surface area contributed by atoms with Crippen LogP contribution in [0.3, 0.4) is 0 Å². The molecule has 0 aliphatic carbocycles. The highest BCUT2D eigenvalue weighted by Gasteiger charge is 2.20. The summed E-state index contributed by atoms with van der Waals surface area (Å²) in [6.45, 7) is 7.10. The normalized spacial score (nSPS) is 13.8. The molecule has 0 aliphatic heterocycles. The van der Waals surface area contributed by atoms with Crippen LogP contribution in [-0.2, 0) is 14.3 Å². The average molecular weight is 203 g/mol. The van der Waals surface area contributed by atoms with Crippen LogP contribution in [0.1, 0.15) is 20.8 Å². The summed E-state index contributed by atoms with van der Waals surface area (Å²) in [5.41, 5.74) is -0.114. The second kappa shape index (κ2) is 5.98. The summed E-state index contributed by atoms with van der Waals surface area (Å²) >= 11 is 0. The lowest BCUT2D eigenvalue weighted by molar-refractivity contribution is -0.144. The minimum Gasteiger partial charge on any atom is -0.469 e. The summed E-state index contributed by atoms with van der Waals surface area (Å²) in [7, 11) is 3.06. The van der Waals surface area contributed by atoms with Gasteiger partial charge in [-0.15, -0.1) is 0 Å². The fourth-order valence-electron chi connectivity index (χ4n) is 1.13. The molecule has 84 valence electrons. The van der Waals surface area contributed by atoms with Gasteiger partial charge in [0.25, 0.3) is 0 Å². The molecule has 0 saturated heterocycles. The number of nitrogens with one attached hydrogen (secondary N) is 1. The minimum atomic E-state index is -0.189. The quantitative estimate of drug-likeness (QED) is 0.649. The zero-order chi connectivity index (χ0) is 11.2. The molecule has 1 atom stereocenters. The molecule has 0 rings (SSSR count). The van der Waals surface area contributed by atoms with Crippen molar-refractivity contribution in [1.82, 2.24) is 5.32 Å². The van der Waals surface area contributed by atoms with E-state index in [1.54, 1.807) is 7.11 Å². The molecule has 1 unspecified atom stereocenters. The van der Waals surface area contributed by atoms with Gasteiger partial charge in [-0.1, -0.05) is 6.92 Å². The second-order valence-corrected chi connectivity index (χ2v) is 4.12. The van der Waals surface area contributed by atoms with Crippen LogP contribution in [0.15, 0.2) is 0 Å². The van der Waals surface area contributed by atoms with Crippen molar-refractivity contribution in [3.63, 3.8) is 0 Å². The summed E-state index contributed by atoms with van der Waals surface area (Å²) in [5.74, 6) is -0.318. The van der Waals surface area contributed by atoms with E-state index in [2.05, 4.69) is 10.1 Å². The molecule has 0 aromatic rings. The fraction of sp³-hybridized carbons (Fsp3) is 0.900. The Hall–Kier alpha value is -0.610. The largest absolute Gasteiger partial charge is 0.469 e. The molecule has 0 fully saturated rings. The van der Waals surface area contributed by atoms with Gasteiger partial charge in [0.1, 0.15) is 0 Å². The number of rotatable bonds is 6. The van der Waals surface area contributed by atoms with Gasteiger partial charge in [0, 0.05) is 19.2 Å². The van der Waals surface area contributed by atoms with E-state index in [0.29, 0.717) is 13.2 Å². The Labute approximate surface area is 86.0 Å². The third kappa shape index (κ3) is 5.19. The molecule has 4 nitrogen and oxygen atoms in total. The molecule has 0 aromatic carbocycles. The Morgan fingerprint density at radius 1 is 1.43 bits per heavy atom. The second-order valence-electron chi connectivity index (χ2n) is 4.12. The number of methoxy groups -OCH3 is 2. The van der Waals surface area contributed by atoms with Gasteiger partial charge in [-0.05, 0) is 13.8 Å². The van der Waals surface area contributed by atoms with E-state index < -0.39 is 0 Å². The number of carbonyl (C=O) groups excluding carboxylic acids is 1. The highest BCUT2D eigenvalue weighted by Crippen LogP contribution is 2.04. The molecule has 1 N–H and O–H groups in total. The smallest absolute Gasteiger partial charge is 0.309 e. The first-order valence-electron chi connectivity index (χ1n) is 4.74. The van der Waals surface area contributed by atoms with Gasteiger partial charge in [-0.2, -0.15) is 0 Å². The summed E-state index contributed by atoms with van der Waals surface area (Å²) in [6, 6.07) is 0. The van der Waals surface area contributed by atoms with Gasteiger partial charge >= 0.3 is 5.97 Å². The number of carbonyl (C=O) groups is 1. The molecule has 0 radical (unpaired) electrons. The average Bonchev–Trinajstić information content (AvgIpc) is 2.13. The Kier molecular flexibility index (Phi) is 5.72. The molecule has 4 heteroatoms. The van der Waals surface area contributed by atoms with Crippen molar-refractivity contribution in [2.24, 2.45) is 5.92 Å². The van der Waals surface area contributed by atoms with Gasteiger partial charge in [0.05, 0.1) is 19.6 Å². The topological polar surface area (TPSA) is 47.6 Å². The van der Waals surface area contributed by atoms with Crippen molar-refractivity contribution in [3.05, 3.63) is 0 Å². The Morgan fingerprint density at radius 2 is 2.00 bits per heavy atom. The van der Waals surface area contributed by atoms with E-state index in [4.69, 9.17) is 4.74 Å². The summed E-state index contributed by atoms with van der Waals surface area (Å²) in [5, 5.41) is 3.25. The fourth-order valence-corrected chi connectivity index (χ4v) is 1.13. The monoisotopic (exact) mass is 203 g/mol. The van der Waals surface area contributed by atoms with Crippen LogP contribution in [-0.4, -0.2) is 38.9 Å². The molecule has 0 bridgehead atoms. The van der Waals surface area contributed by atoms with E-state index in [1.165, 1.54) is 7.11 Å². The first-order valence-corrected chi connectivity index (χ1v) is 4.74. The van der Waals surface area contributed by atoms with Gasteiger partial charge in [-0.25, -0.2) is 0 Å². The van der Waals surface area contributed by atoms with Crippen molar-refractivity contribution >= 4 is 5.97 Å². The van der Waals surface area contributed by atoms with Gasteiger partial charge in [-0.3, -0.25) is 4.79 Å². The van der Waals surface area contributed by atoms with Gasteiger partial charge in [0.15, 0.2) is 0 Å². The Bertz CT molecular complexity index is 180. The van der Waals surface area contributed by atoms with E-state index >= 15 is 0 Å². The van der Waals surface area contributed by atoms with Crippen LogP contribution in [0.5, 0.6) is 0 Å². The van der Waals surface area contributed by atoms with E-state index in [9.17, 15) is 4.79 Å². The molecule has 0 aliphatic rings. The molecule has 14 heavy (non-hydrogen) atoms. The predicted octanol–water partition coefficient (Wildman–Crippen LogP) is 0.810. The zero-order valence-corrected chi connectivity index (χ0v) is 9.72. The third-order valence-corrected chi connectivity index (χ3v) is 2.00. The highest BCUT2D eigenvalue weighted by atomic mass is 16.5.